The van der Waals surface area contributed by atoms with Gasteiger partial charge in [-0.3, -0.25) is 4.98 Å². The minimum Gasteiger partial charge on any atom is -0.368 e. The number of aromatic nitrogens is 1. The second-order valence-electron chi connectivity index (χ2n) is 7.69. The van der Waals surface area contributed by atoms with Gasteiger partial charge in [0.05, 0.1) is 0 Å². The number of piperazine rings is 1. The SMILES string of the molecule is O=C(NC[C@H]1CC12CCCCC2)N1CCN(c2ccncc2)CC1. The fourth-order valence-corrected chi connectivity index (χ4v) is 4.63. The lowest BCUT2D eigenvalue weighted by Crippen LogP contribution is -2.52. The van der Waals surface area contributed by atoms with Crippen molar-refractivity contribution in [1.82, 2.24) is 15.2 Å². The monoisotopic (exact) mass is 328 g/mol. The fourth-order valence-electron chi connectivity index (χ4n) is 4.63. The van der Waals surface area contributed by atoms with Crippen LogP contribution in [0.3, 0.4) is 0 Å². The van der Waals surface area contributed by atoms with E-state index in [1.165, 1.54) is 44.2 Å². The maximum Gasteiger partial charge on any atom is 0.317 e. The van der Waals surface area contributed by atoms with E-state index < -0.39 is 0 Å². The molecule has 0 aromatic carbocycles. The second kappa shape index (κ2) is 6.61. The Kier molecular flexibility index (Phi) is 4.33. The third-order valence-corrected chi connectivity index (χ3v) is 6.30. The molecule has 4 rings (SSSR count). The van der Waals surface area contributed by atoms with Gasteiger partial charge in [-0.05, 0) is 42.7 Å². The zero-order valence-corrected chi connectivity index (χ0v) is 14.4. The summed E-state index contributed by atoms with van der Waals surface area (Å²) in [4.78, 5) is 20.8. The summed E-state index contributed by atoms with van der Waals surface area (Å²) in [7, 11) is 0. The molecule has 1 atom stereocenters. The van der Waals surface area contributed by atoms with Crippen LogP contribution in [0.25, 0.3) is 0 Å². The maximum atomic E-state index is 12.4. The minimum absolute atomic E-state index is 0.127. The Labute approximate surface area is 144 Å². The van der Waals surface area contributed by atoms with Crippen LogP contribution in [-0.2, 0) is 0 Å². The summed E-state index contributed by atoms with van der Waals surface area (Å²) in [5.74, 6) is 0.736. The molecule has 130 valence electrons. The van der Waals surface area contributed by atoms with E-state index in [4.69, 9.17) is 0 Å². The Morgan fingerprint density at radius 3 is 2.54 bits per heavy atom. The normalized spacial score (nSPS) is 25.6. The molecule has 3 aliphatic rings. The van der Waals surface area contributed by atoms with E-state index >= 15 is 0 Å². The first-order chi connectivity index (χ1) is 11.8. The second-order valence-corrected chi connectivity index (χ2v) is 7.69. The molecule has 0 unspecified atom stereocenters. The van der Waals surface area contributed by atoms with E-state index in [1.807, 2.05) is 29.4 Å². The predicted molar refractivity (Wildman–Crippen MR) is 95.0 cm³/mol. The average Bonchev–Trinajstić information content (AvgIpc) is 3.32. The molecular weight excluding hydrogens is 300 g/mol. The number of hydrogen-bond acceptors (Lipinski definition) is 3. The Balaban J connectivity index is 1.21. The van der Waals surface area contributed by atoms with Crippen molar-refractivity contribution in [3.8, 4) is 0 Å². The molecule has 0 radical (unpaired) electrons. The highest BCUT2D eigenvalue weighted by molar-refractivity contribution is 5.74. The molecule has 0 bridgehead atoms. The van der Waals surface area contributed by atoms with Crippen LogP contribution >= 0.6 is 0 Å². The molecule has 3 fully saturated rings. The van der Waals surface area contributed by atoms with Gasteiger partial charge >= 0.3 is 6.03 Å². The summed E-state index contributed by atoms with van der Waals surface area (Å²) in [6.45, 7) is 4.26. The molecule has 5 heteroatoms. The van der Waals surface area contributed by atoms with Crippen LogP contribution in [0, 0.1) is 11.3 Å². The standard InChI is InChI=1S/C19H28N4O/c24-18(21-15-16-14-19(16)6-2-1-3-7-19)23-12-10-22(11-13-23)17-4-8-20-9-5-17/h4-5,8-9,16H,1-3,6-7,10-15H2,(H,21,24)/t16-/m1/s1. The van der Waals surface area contributed by atoms with Gasteiger partial charge < -0.3 is 15.1 Å². The summed E-state index contributed by atoms with van der Waals surface area (Å²) >= 11 is 0. The van der Waals surface area contributed by atoms with Crippen LogP contribution in [0.4, 0.5) is 10.5 Å². The molecular formula is C19H28N4O. The topological polar surface area (TPSA) is 48.5 Å². The zero-order valence-electron chi connectivity index (χ0n) is 14.4. The molecule has 1 saturated heterocycles. The van der Waals surface area contributed by atoms with Gasteiger partial charge in [0.2, 0.25) is 0 Å². The predicted octanol–water partition coefficient (Wildman–Crippen LogP) is 2.88. The van der Waals surface area contributed by atoms with Crippen LogP contribution < -0.4 is 10.2 Å². The molecule has 2 amide bonds. The number of urea groups is 1. The molecule has 1 spiro atoms. The average molecular weight is 328 g/mol. The Bertz CT molecular complexity index is 562. The lowest BCUT2D eigenvalue weighted by molar-refractivity contribution is 0.192. The molecule has 5 nitrogen and oxygen atoms in total. The quantitative estimate of drug-likeness (QED) is 0.928. The van der Waals surface area contributed by atoms with Crippen molar-refractivity contribution < 1.29 is 4.79 Å². The van der Waals surface area contributed by atoms with Gasteiger partial charge in [-0.15, -0.1) is 0 Å². The van der Waals surface area contributed by atoms with Gasteiger partial charge in [-0.25, -0.2) is 4.79 Å². The first-order valence-corrected chi connectivity index (χ1v) is 9.45. The van der Waals surface area contributed by atoms with Crippen LogP contribution in [0.5, 0.6) is 0 Å². The fraction of sp³-hybridized carbons (Fsp3) is 0.684. The van der Waals surface area contributed by atoms with Gasteiger partial charge in [0.25, 0.3) is 0 Å². The first-order valence-electron chi connectivity index (χ1n) is 9.45. The highest BCUT2D eigenvalue weighted by atomic mass is 16.2. The van der Waals surface area contributed by atoms with Crippen molar-refractivity contribution in [3.05, 3.63) is 24.5 Å². The number of hydrogen-bond donors (Lipinski definition) is 1. The van der Waals surface area contributed by atoms with Crippen LogP contribution in [-0.4, -0.2) is 48.6 Å². The Hall–Kier alpha value is -1.78. The van der Waals surface area contributed by atoms with E-state index in [-0.39, 0.29) is 6.03 Å². The maximum absolute atomic E-state index is 12.4. The van der Waals surface area contributed by atoms with Crippen molar-refractivity contribution in [3.63, 3.8) is 0 Å². The number of rotatable bonds is 3. The number of carbonyl (C=O) groups is 1. The molecule has 1 aromatic heterocycles. The van der Waals surface area contributed by atoms with Gasteiger partial charge in [0, 0.05) is 50.8 Å². The van der Waals surface area contributed by atoms with Crippen molar-refractivity contribution in [1.29, 1.82) is 0 Å². The van der Waals surface area contributed by atoms with Crippen LogP contribution in [0.1, 0.15) is 38.5 Å². The summed E-state index contributed by atoms with van der Waals surface area (Å²) in [6, 6.07) is 4.20. The van der Waals surface area contributed by atoms with Crippen LogP contribution in [0.15, 0.2) is 24.5 Å². The van der Waals surface area contributed by atoms with Crippen LogP contribution in [0.2, 0.25) is 0 Å². The van der Waals surface area contributed by atoms with E-state index in [9.17, 15) is 4.79 Å². The minimum atomic E-state index is 0.127. The van der Waals surface area contributed by atoms with Crippen molar-refractivity contribution in [2.75, 3.05) is 37.6 Å². The lowest BCUT2D eigenvalue weighted by Gasteiger charge is -2.36. The lowest BCUT2D eigenvalue weighted by atomic mass is 9.84. The Morgan fingerprint density at radius 1 is 1.12 bits per heavy atom. The van der Waals surface area contributed by atoms with E-state index in [0.717, 1.165) is 38.6 Å². The number of nitrogens with zero attached hydrogens (tertiary/aromatic N) is 3. The van der Waals surface area contributed by atoms with Gasteiger partial charge in [-0.2, -0.15) is 0 Å². The molecule has 2 aliphatic carbocycles. The Morgan fingerprint density at radius 2 is 1.83 bits per heavy atom. The zero-order chi connectivity index (χ0) is 16.4. The van der Waals surface area contributed by atoms with Gasteiger partial charge in [0.15, 0.2) is 0 Å². The van der Waals surface area contributed by atoms with E-state index in [1.54, 1.807) is 0 Å². The molecule has 1 aromatic rings. The first kappa shape index (κ1) is 15.7. The summed E-state index contributed by atoms with van der Waals surface area (Å²) in [5, 5.41) is 3.20. The third kappa shape index (κ3) is 3.21. The van der Waals surface area contributed by atoms with Crippen molar-refractivity contribution in [2.24, 2.45) is 11.3 Å². The number of carbonyl (C=O) groups excluding carboxylic acids is 1. The van der Waals surface area contributed by atoms with E-state index in [0.29, 0.717) is 5.41 Å². The number of amides is 2. The molecule has 24 heavy (non-hydrogen) atoms. The summed E-state index contributed by atoms with van der Waals surface area (Å²) in [6.07, 6.45) is 11.9. The molecule has 1 aliphatic heterocycles. The number of anilines is 1. The highest BCUT2D eigenvalue weighted by Crippen LogP contribution is 2.60. The van der Waals surface area contributed by atoms with Gasteiger partial charge in [-0.1, -0.05) is 19.3 Å². The van der Waals surface area contributed by atoms with E-state index in [2.05, 4.69) is 15.2 Å². The number of pyridine rings is 1. The van der Waals surface area contributed by atoms with Crippen molar-refractivity contribution in [2.45, 2.75) is 38.5 Å². The van der Waals surface area contributed by atoms with Crippen molar-refractivity contribution >= 4 is 11.7 Å². The highest BCUT2D eigenvalue weighted by Gasteiger charge is 2.53. The smallest absolute Gasteiger partial charge is 0.317 e. The summed E-state index contributed by atoms with van der Waals surface area (Å²) < 4.78 is 0. The van der Waals surface area contributed by atoms with Gasteiger partial charge in [0.1, 0.15) is 0 Å². The largest absolute Gasteiger partial charge is 0.368 e. The molecule has 2 saturated carbocycles. The molecule has 1 N–H and O–H groups in total. The summed E-state index contributed by atoms with van der Waals surface area (Å²) in [5.41, 5.74) is 1.80. The third-order valence-electron chi connectivity index (χ3n) is 6.30. The molecule has 2 heterocycles. The number of nitrogens with one attached hydrogen (secondary N) is 1.